The number of anilines is 1. The number of carbonyl (C=O) groups is 1. The molecule has 2 bridgehead atoms. The minimum absolute atomic E-state index is 0.0430. The van der Waals surface area contributed by atoms with Crippen LogP contribution in [0, 0.1) is 16.2 Å². The van der Waals surface area contributed by atoms with E-state index in [1.54, 1.807) is 0 Å². The van der Waals surface area contributed by atoms with E-state index in [2.05, 4.69) is 73.9 Å². The highest BCUT2D eigenvalue weighted by molar-refractivity contribution is 9.24. The molecule has 0 radical (unpaired) electrons. The molecule has 0 aromatic heterocycles. The normalized spacial score (nSPS) is 31.6. The SMILES string of the molecule is CCCCOc1ccc(NC(=O)C23CCC(C(Br)Br)(C2Br)C3(C)C)cc1. The predicted octanol–water partition coefficient (Wildman–Crippen LogP) is 6.49. The zero-order valence-corrected chi connectivity index (χ0v) is 20.2. The van der Waals surface area contributed by atoms with Crippen LogP contribution in [0.2, 0.25) is 0 Å². The molecular formula is C20H26Br3NO2. The molecule has 0 aliphatic heterocycles. The van der Waals surface area contributed by atoms with Crippen molar-refractivity contribution >= 4 is 59.4 Å². The van der Waals surface area contributed by atoms with Crippen molar-refractivity contribution in [1.29, 1.82) is 0 Å². The van der Waals surface area contributed by atoms with E-state index in [1.165, 1.54) is 0 Å². The molecule has 6 heteroatoms. The average molecular weight is 552 g/mol. The number of hydrogen-bond donors (Lipinski definition) is 1. The van der Waals surface area contributed by atoms with E-state index in [1.807, 2.05) is 24.3 Å². The first kappa shape index (κ1) is 20.7. The first-order chi connectivity index (χ1) is 12.2. The highest BCUT2D eigenvalue weighted by atomic mass is 79.9. The standard InChI is InChI=1S/C20H26Br3NO2/c1-4-5-12-26-14-8-6-13(7-9-14)24-17(25)20-11-10-19(15(20)21,16(22)23)18(20,2)3/h6-9,15-16H,4-5,10-12H2,1-3H3,(H,24,25). The van der Waals surface area contributed by atoms with E-state index in [0.717, 1.165) is 43.7 Å². The van der Waals surface area contributed by atoms with Crippen LogP contribution in [0.4, 0.5) is 5.69 Å². The van der Waals surface area contributed by atoms with Crippen LogP contribution in [0.5, 0.6) is 5.75 Å². The number of benzene rings is 1. The summed E-state index contributed by atoms with van der Waals surface area (Å²) in [4.78, 5) is 13.4. The number of carbonyl (C=O) groups excluding carboxylic acids is 1. The third-order valence-electron chi connectivity index (χ3n) is 6.77. The van der Waals surface area contributed by atoms with Gasteiger partial charge in [-0.2, -0.15) is 0 Å². The van der Waals surface area contributed by atoms with Crippen LogP contribution >= 0.6 is 47.8 Å². The number of nitrogens with one attached hydrogen (secondary N) is 1. The smallest absolute Gasteiger partial charge is 0.232 e. The van der Waals surface area contributed by atoms with Crippen molar-refractivity contribution in [2.75, 3.05) is 11.9 Å². The number of ether oxygens (including phenoxy) is 1. The Morgan fingerprint density at radius 3 is 2.42 bits per heavy atom. The predicted molar refractivity (Wildman–Crippen MR) is 118 cm³/mol. The van der Waals surface area contributed by atoms with E-state index < -0.39 is 0 Å². The van der Waals surface area contributed by atoms with Crippen LogP contribution < -0.4 is 10.1 Å². The number of alkyl halides is 3. The summed E-state index contributed by atoms with van der Waals surface area (Å²) < 4.78 is 5.88. The molecule has 3 unspecified atom stereocenters. The largest absolute Gasteiger partial charge is 0.494 e. The van der Waals surface area contributed by atoms with Gasteiger partial charge in [-0.1, -0.05) is 75.0 Å². The second-order valence-electron chi connectivity index (χ2n) is 7.98. The summed E-state index contributed by atoms with van der Waals surface area (Å²) in [5, 5.41) is 3.14. The molecule has 1 aromatic rings. The lowest BCUT2D eigenvalue weighted by atomic mass is 9.43. The number of unbranched alkanes of at least 4 members (excludes halogenated alkanes) is 1. The summed E-state index contributed by atoms with van der Waals surface area (Å²) in [5.74, 6) is 0.955. The summed E-state index contributed by atoms with van der Waals surface area (Å²) in [6.45, 7) is 7.31. The van der Waals surface area contributed by atoms with Crippen LogP contribution in [0.15, 0.2) is 24.3 Å². The second-order valence-corrected chi connectivity index (χ2v) is 12.0. The molecule has 0 saturated heterocycles. The number of fused-ring (bicyclic) bond motifs is 1. The molecule has 3 aliphatic rings. The summed E-state index contributed by atoms with van der Waals surface area (Å²) in [5.41, 5.74) is 0.380. The first-order valence-electron chi connectivity index (χ1n) is 9.20. The Hall–Kier alpha value is -0.0700. The van der Waals surface area contributed by atoms with Gasteiger partial charge in [0.1, 0.15) is 5.75 Å². The number of rotatable bonds is 7. The van der Waals surface area contributed by atoms with Gasteiger partial charge in [0.05, 0.1) is 15.8 Å². The van der Waals surface area contributed by atoms with Crippen LogP contribution in [-0.2, 0) is 4.79 Å². The molecule has 1 N–H and O–H groups in total. The molecule has 3 atom stereocenters. The average Bonchev–Trinajstić information content (AvgIpc) is 3.06. The third-order valence-corrected chi connectivity index (χ3v) is 10.0. The number of amides is 1. The zero-order valence-electron chi connectivity index (χ0n) is 15.5. The molecule has 3 fully saturated rings. The maximum Gasteiger partial charge on any atom is 0.232 e. The second kappa shape index (κ2) is 7.40. The maximum absolute atomic E-state index is 13.3. The van der Waals surface area contributed by atoms with Crippen molar-refractivity contribution < 1.29 is 9.53 Å². The van der Waals surface area contributed by atoms with Crippen molar-refractivity contribution in [3.63, 3.8) is 0 Å². The molecule has 0 spiro atoms. The fourth-order valence-corrected chi connectivity index (χ4v) is 9.82. The maximum atomic E-state index is 13.3. The lowest BCUT2D eigenvalue weighted by Gasteiger charge is -2.66. The number of halogens is 3. The van der Waals surface area contributed by atoms with E-state index in [-0.39, 0.29) is 30.7 Å². The first-order valence-corrected chi connectivity index (χ1v) is 12.0. The van der Waals surface area contributed by atoms with Crippen LogP contribution in [0.25, 0.3) is 0 Å². The van der Waals surface area contributed by atoms with Gasteiger partial charge in [-0.05, 0) is 48.9 Å². The fraction of sp³-hybridized carbons (Fsp3) is 0.650. The monoisotopic (exact) mass is 549 g/mol. The molecule has 144 valence electrons. The fourth-order valence-electron chi connectivity index (χ4n) is 4.91. The lowest BCUT2D eigenvalue weighted by molar-refractivity contribution is -0.155. The summed E-state index contributed by atoms with van der Waals surface area (Å²) in [6, 6.07) is 7.69. The van der Waals surface area contributed by atoms with Crippen molar-refractivity contribution in [2.24, 2.45) is 16.2 Å². The van der Waals surface area contributed by atoms with Gasteiger partial charge in [0, 0.05) is 15.9 Å². The van der Waals surface area contributed by atoms with E-state index in [9.17, 15) is 4.79 Å². The molecule has 26 heavy (non-hydrogen) atoms. The van der Waals surface area contributed by atoms with Gasteiger partial charge in [0.25, 0.3) is 0 Å². The quantitative estimate of drug-likeness (QED) is 0.311. The van der Waals surface area contributed by atoms with Gasteiger partial charge in [0.15, 0.2) is 0 Å². The van der Waals surface area contributed by atoms with E-state index >= 15 is 0 Å². The van der Waals surface area contributed by atoms with Gasteiger partial charge in [-0.25, -0.2) is 0 Å². The Labute approximate surface area is 181 Å². The van der Waals surface area contributed by atoms with Crippen LogP contribution in [0.3, 0.4) is 0 Å². The highest BCUT2D eigenvalue weighted by Gasteiger charge is 2.83. The molecule has 1 aromatic carbocycles. The Morgan fingerprint density at radius 2 is 1.92 bits per heavy atom. The van der Waals surface area contributed by atoms with Crippen molar-refractivity contribution in [3.8, 4) is 5.75 Å². The lowest BCUT2D eigenvalue weighted by Crippen LogP contribution is -2.71. The third kappa shape index (κ3) is 2.73. The molecule has 0 heterocycles. The molecular weight excluding hydrogens is 526 g/mol. The Kier molecular flexibility index (Phi) is 5.88. The molecule has 3 aliphatic carbocycles. The van der Waals surface area contributed by atoms with Crippen molar-refractivity contribution in [3.05, 3.63) is 24.3 Å². The van der Waals surface area contributed by atoms with Crippen LogP contribution in [0.1, 0.15) is 46.5 Å². The summed E-state index contributed by atoms with van der Waals surface area (Å²) in [7, 11) is 0. The van der Waals surface area contributed by atoms with Gasteiger partial charge < -0.3 is 10.1 Å². The summed E-state index contributed by atoms with van der Waals surface area (Å²) >= 11 is 11.3. The Bertz CT molecular complexity index is 676. The van der Waals surface area contributed by atoms with E-state index in [0.29, 0.717) is 0 Å². The van der Waals surface area contributed by atoms with Gasteiger partial charge >= 0.3 is 0 Å². The minimum Gasteiger partial charge on any atom is -0.494 e. The van der Waals surface area contributed by atoms with Gasteiger partial charge in [0.2, 0.25) is 5.91 Å². The summed E-state index contributed by atoms with van der Waals surface area (Å²) in [6.07, 6.45) is 4.08. The minimum atomic E-state index is -0.386. The van der Waals surface area contributed by atoms with Gasteiger partial charge in [-0.3, -0.25) is 4.79 Å². The molecule has 3 nitrogen and oxygen atoms in total. The molecule has 4 rings (SSSR count). The van der Waals surface area contributed by atoms with Gasteiger partial charge in [-0.15, -0.1) is 0 Å². The Balaban J connectivity index is 1.71. The van der Waals surface area contributed by atoms with Crippen molar-refractivity contribution in [1.82, 2.24) is 0 Å². The topological polar surface area (TPSA) is 38.3 Å². The van der Waals surface area contributed by atoms with Crippen molar-refractivity contribution in [2.45, 2.75) is 55.0 Å². The van der Waals surface area contributed by atoms with Crippen LogP contribution in [-0.4, -0.2) is 21.1 Å². The number of hydrogen-bond acceptors (Lipinski definition) is 2. The zero-order chi connectivity index (χ0) is 19.2. The molecule has 3 saturated carbocycles. The Morgan fingerprint density at radius 1 is 1.27 bits per heavy atom. The highest BCUT2D eigenvalue weighted by Crippen LogP contribution is 2.82. The molecule has 1 amide bonds. The van der Waals surface area contributed by atoms with E-state index in [4.69, 9.17) is 4.74 Å².